The van der Waals surface area contributed by atoms with E-state index in [4.69, 9.17) is 13.6 Å². The Kier molecular flexibility index (Phi) is 4.65. The third-order valence-electron chi connectivity index (χ3n) is 3.25. The average Bonchev–Trinajstić information content (AvgIpc) is 3.01. The number of rotatable bonds is 5. The minimum atomic E-state index is -0.726. The molecule has 2 aromatic heterocycles. The van der Waals surface area contributed by atoms with Crippen molar-refractivity contribution < 1.29 is 18.7 Å². The van der Waals surface area contributed by atoms with Crippen molar-refractivity contribution in [2.45, 2.75) is 26.4 Å². The van der Waals surface area contributed by atoms with Crippen LogP contribution in [0.1, 0.15) is 35.2 Å². The molecule has 0 saturated carbocycles. The van der Waals surface area contributed by atoms with Gasteiger partial charge in [-0.25, -0.2) is 0 Å². The molecule has 1 N–H and O–H groups in total. The lowest BCUT2D eigenvalue weighted by atomic mass is 10.1. The highest BCUT2D eigenvalue weighted by Gasteiger charge is 2.12. The molecular formula is C16H18O5. The molecule has 1 unspecified atom stereocenters. The largest absolute Gasteiger partial charge is 0.468 e. The molecule has 0 aliphatic rings. The van der Waals surface area contributed by atoms with Crippen LogP contribution in [0.2, 0.25) is 0 Å². The molecule has 0 amide bonds. The highest BCUT2D eigenvalue weighted by Crippen LogP contribution is 2.21. The fourth-order valence-corrected chi connectivity index (χ4v) is 1.99. The molecule has 0 fully saturated rings. The third-order valence-corrected chi connectivity index (χ3v) is 3.25. The van der Waals surface area contributed by atoms with Crippen LogP contribution >= 0.6 is 0 Å². The SMILES string of the molecule is COc1oc(/C=C/CC(O)c2ccco2)c(C)c(=O)c1C. The second-order valence-electron chi connectivity index (χ2n) is 4.71. The lowest BCUT2D eigenvalue weighted by Gasteiger charge is -2.07. The van der Waals surface area contributed by atoms with Gasteiger partial charge in [0.2, 0.25) is 0 Å². The minimum Gasteiger partial charge on any atom is -0.468 e. The van der Waals surface area contributed by atoms with Crippen molar-refractivity contribution in [1.29, 1.82) is 0 Å². The summed E-state index contributed by atoms with van der Waals surface area (Å²) in [6.45, 7) is 3.35. The molecule has 112 valence electrons. The van der Waals surface area contributed by atoms with Gasteiger partial charge in [0.15, 0.2) is 5.43 Å². The van der Waals surface area contributed by atoms with Gasteiger partial charge in [0.05, 0.1) is 18.9 Å². The molecule has 0 aliphatic heterocycles. The normalized spacial score (nSPS) is 12.8. The summed E-state index contributed by atoms with van der Waals surface area (Å²) in [4.78, 5) is 12.0. The summed E-state index contributed by atoms with van der Waals surface area (Å²) < 4.78 is 15.7. The van der Waals surface area contributed by atoms with Crippen molar-refractivity contribution in [3.63, 3.8) is 0 Å². The zero-order chi connectivity index (χ0) is 15.4. The van der Waals surface area contributed by atoms with Crippen LogP contribution in [0.15, 0.2) is 38.1 Å². The van der Waals surface area contributed by atoms with Crippen molar-refractivity contribution >= 4 is 6.08 Å². The first-order valence-electron chi connectivity index (χ1n) is 6.61. The molecule has 2 aromatic rings. The van der Waals surface area contributed by atoms with Gasteiger partial charge in [-0.1, -0.05) is 6.08 Å². The Labute approximate surface area is 122 Å². The number of hydrogen-bond donors (Lipinski definition) is 1. The number of ether oxygens (including phenoxy) is 1. The molecule has 0 radical (unpaired) electrons. The molecule has 1 atom stereocenters. The highest BCUT2D eigenvalue weighted by molar-refractivity contribution is 5.48. The topological polar surface area (TPSA) is 72.8 Å². The molecule has 2 heterocycles. The van der Waals surface area contributed by atoms with Crippen LogP contribution in [-0.2, 0) is 0 Å². The lowest BCUT2D eigenvalue weighted by Crippen LogP contribution is -2.11. The summed E-state index contributed by atoms with van der Waals surface area (Å²) in [5, 5.41) is 9.89. The molecule has 5 nitrogen and oxygen atoms in total. The molecule has 0 spiro atoms. The van der Waals surface area contributed by atoms with Crippen molar-refractivity contribution in [2.24, 2.45) is 0 Å². The summed E-state index contributed by atoms with van der Waals surface area (Å²) in [6.07, 6.45) is 4.52. The second kappa shape index (κ2) is 6.45. The summed E-state index contributed by atoms with van der Waals surface area (Å²) in [5.74, 6) is 1.13. The fourth-order valence-electron chi connectivity index (χ4n) is 1.99. The van der Waals surface area contributed by atoms with E-state index in [2.05, 4.69) is 0 Å². The van der Waals surface area contributed by atoms with Crippen LogP contribution in [0, 0.1) is 13.8 Å². The van der Waals surface area contributed by atoms with E-state index < -0.39 is 6.10 Å². The van der Waals surface area contributed by atoms with E-state index >= 15 is 0 Å². The van der Waals surface area contributed by atoms with Gasteiger partial charge in [-0.2, -0.15) is 0 Å². The number of furan rings is 1. The number of aliphatic hydroxyl groups excluding tert-OH is 1. The summed E-state index contributed by atoms with van der Waals surface area (Å²) in [6, 6.07) is 3.43. The van der Waals surface area contributed by atoms with Crippen LogP contribution in [-0.4, -0.2) is 12.2 Å². The fraction of sp³-hybridized carbons (Fsp3) is 0.312. The molecule has 0 bridgehead atoms. The molecule has 0 saturated heterocycles. The van der Waals surface area contributed by atoms with Crippen molar-refractivity contribution in [2.75, 3.05) is 7.11 Å². The summed E-state index contributed by atoms with van der Waals surface area (Å²) >= 11 is 0. The van der Waals surface area contributed by atoms with Crippen LogP contribution in [0.25, 0.3) is 6.08 Å². The highest BCUT2D eigenvalue weighted by atomic mass is 16.6. The number of methoxy groups -OCH3 is 1. The number of hydrogen-bond acceptors (Lipinski definition) is 5. The van der Waals surface area contributed by atoms with Gasteiger partial charge in [-0.3, -0.25) is 4.79 Å². The lowest BCUT2D eigenvalue weighted by molar-refractivity contribution is 0.153. The van der Waals surface area contributed by atoms with Gasteiger partial charge in [0.25, 0.3) is 5.95 Å². The predicted octanol–water partition coefficient (Wildman–Crippen LogP) is 3.00. The maximum absolute atomic E-state index is 12.0. The Balaban J connectivity index is 2.18. The first-order chi connectivity index (χ1) is 10.0. The van der Waals surface area contributed by atoms with Crippen molar-refractivity contribution in [3.8, 4) is 5.95 Å². The van der Waals surface area contributed by atoms with E-state index in [0.717, 1.165) is 0 Å². The van der Waals surface area contributed by atoms with Gasteiger partial charge in [0, 0.05) is 5.56 Å². The van der Waals surface area contributed by atoms with Gasteiger partial charge >= 0.3 is 0 Å². The Morgan fingerprint density at radius 1 is 1.38 bits per heavy atom. The molecule has 0 aliphatic carbocycles. The minimum absolute atomic E-state index is 0.107. The van der Waals surface area contributed by atoms with Crippen LogP contribution < -0.4 is 10.2 Å². The molecular weight excluding hydrogens is 272 g/mol. The zero-order valence-corrected chi connectivity index (χ0v) is 12.3. The zero-order valence-electron chi connectivity index (χ0n) is 12.3. The molecule has 2 rings (SSSR count). The second-order valence-corrected chi connectivity index (χ2v) is 4.71. The Morgan fingerprint density at radius 3 is 2.76 bits per heavy atom. The monoisotopic (exact) mass is 290 g/mol. The van der Waals surface area contributed by atoms with Gasteiger partial charge in [0.1, 0.15) is 17.6 Å². The van der Waals surface area contributed by atoms with Gasteiger partial charge in [-0.15, -0.1) is 0 Å². The Bertz CT molecular complexity index is 679. The van der Waals surface area contributed by atoms with Gasteiger partial charge in [-0.05, 0) is 38.5 Å². The van der Waals surface area contributed by atoms with E-state index in [-0.39, 0.29) is 11.4 Å². The maximum atomic E-state index is 12.0. The predicted molar refractivity (Wildman–Crippen MR) is 78.3 cm³/mol. The molecule has 5 heteroatoms. The van der Waals surface area contributed by atoms with Crippen LogP contribution in [0.3, 0.4) is 0 Å². The Hall–Kier alpha value is -2.27. The van der Waals surface area contributed by atoms with E-state index in [1.54, 1.807) is 38.1 Å². The number of aliphatic hydroxyl groups is 1. The van der Waals surface area contributed by atoms with Crippen LogP contribution in [0.5, 0.6) is 5.95 Å². The molecule has 0 aromatic carbocycles. The smallest absolute Gasteiger partial charge is 0.291 e. The maximum Gasteiger partial charge on any atom is 0.291 e. The first-order valence-corrected chi connectivity index (χ1v) is 6.61. The first kappa shape index (κ1) is 15.1. The third kappa shape index (κ3) is 3.25. The summed E-state index contributed by atoms with van der Waals surface area (Å²) in [7, 11) is 1.45. The Morgan fingerprint density at radius 2 is 2.14 bits per heavy atom. The van der Waals surface area contributed by atoms with E-state index in [9.17, 15) is 9.90 Å². The van der Waals surface area contributed by atoms with Crippen molar-refractivity contribution in [3.05, 3.63) is 57.3 Å². The quantitative estimate of drug-likeness (QED) is 0.916. The summed E-state index contributed by atoms with van der Waals surface area (Å²) in [5.41, 5.74) is 0.851. The average molecular weight is 290 g/mol. The van der Waals surface area contributed by atoms with E-state index in [0.29, 0.717) is 29.1 Å². The van der Waals surface area contributed by atoms with Crippen molar-refractivity contribution in [1.82, 2.24) is 0 Å². The van der Waals surface area contributed by atoms with Crippen LogP contribution in [0.4, 0.5) is 0 Å². The van der Waals surface area contributed by atoms with E-state index in [1.807, 2.05) is 0 Å². The van der Waals surface area contributed by atoms with E-state index in [1.165, 1.54) is 13.4 Å². The van der Waals surface area contributed by atoms with Gasteiger partial charge < -0.3 is 18.7 Å². The molecule has 21 heavy (non-hydrogen) atoms. The standard InChI is InChI=1S/C16H18O5/c1-10-13(21-16(19-3)11(2)15(10)18)7-4-6-12(17)14-8-5-9-20-14/h4-5,7-9,12,17H,6H2,1-3H3/b7-4+.